The molecule has 6 heteroatoms. The maximum atomic E-state index is 12.2. The van der Waals surface area contributed by atoms with E-state index < -0.39 is 11.6 Å². The van der Waals surface area contributed by atoms with Crippen molar-refractivity contribution < 1.29 is 9.53 Å². The second-order valence-corrected chi connectivity index (χ2v) is 5.92. The van der Waals surface area contributed by atoms with Crippen molar-refractivity contribution in [2.45, 2.75) is 52.2 Å². The van der Waals surface area contributed by atoms with Crippen LogP contribution in [0, 0.1) is 18.3 Å². The third kappa shape index (κ3) is 4.06. The van der Waals surface area contributed by atoms with Gasteiger partial charge in [-0.15, -0.1) is 0 Å². The number of amides is 1. The minimum Gasteiger partial charge on any atom is -0.479 e. The van der Waals surface area contributed by atoms with E-state index in [1.807, 2.05) is 13.8 Å². The summed E-state index contributed by atoms with van der Waals surface area (Å²) in [6, 6.07) is 5.45. The normalized spacial score (nSPS) is 12.4. The lowest BCUT2D eigenvalue weighted by atomic mass is 9.94. The van der Waals surface area contributed by atoms with Crippen LogP contribution < -0.4 is 10.1 Å². The van der Waals surface area contributed by atoms with E-state index in [1.54, 1.807) is 26.0 Å². The van der Waals surface area contributed by atoms with Crippen molar-refractivity contribution in [2.24, 2.45) is 0 Å². The minimum absolute atomic E-state index is 0.353. The summed E-state index contributed by atoms with van der Waals surface area (Å²) in [4.78, 5) is 12.2. The molecule has 0 fully saturated rings. The number of carbonyl (C=O) groups is 1. The Labute approximate surface area is 141 Å². The fourth-order valence-electron chi connectivity index (χ4n) is 1.92. The van der Waals surface area contributed by atoms with Crippen LogP contribution in [0.3, 0.4) is 0 Å². The number of halogens is 2. The van der Waals surface area contributed by atoms with Crippen molar-refractivity contribution in [1.82, 2.24) is 5.32 Å². The summed E-state index contributed by atoms with van der Waals surface area (Å²) in [7, 11) is 0. The predicted molar refractivity (Wildman–Crippen MR) is 88.4 cm³/mol. The number of nitriles is 1. The van der Waals surface area contributed by atoms with E-state index in [2.05, 4.69) is 11.4 Å². The molecule has 1 aromatic carbocycles. The largest absolute Gasteiger partial charge is 0.479 e. The number of hydrogen-bond acceptors (Lipinski definition) is 3. The van der Waals surface area contributed by atoms with Crippen LogP contribution in [0.2, 0.25) is 10.0 Å². The maximum absolute atomic E-state index is 12.2. The lowest BCUT2D eigenvalue weighted by Gasteiger charge is -2.27. The van der Waals surface area contributed by atoms with Crippen LogP contribution in [-0.2, 0) is 4.79 Å². The highest BCUT2D eigenvalue weighted by Gasteiger charge is 2.30. The number of carbonyl (C=O) groups excluding carboxylic acids is 1. The summed E-state index contributed by atoms with van der Waals surface area (Å²) in [5.74, 6) is 0.0377. The maximum Gasteiger partial charge on any atom is 0.262 e. The van der Waals surface area contributed by atoms with E-state index >= 15 is 0 Å². The standard InChI is InChI=1S/C16H20Cl2N2O2/c1-5-16(6-2,9-19)20-15(21)11(4)22-13-8-7-12(17)10(3)14(13)18/h7-8,11H,5-6H2,1-4H3,(H,20,21). The molecule has 0 spiro atoms. The monoisotopic (exact) mass is 342 g/mol. The summed E-state index contributed by atoms with van der Waals surface area (Å²) in [6.45, 7) is 7.11. The molecule has 0 aromatic heterocycles. The Morgan fingerprint density at radius 1 is 1.41 bits per heavy atom. The molecule has 4 nitrogen and oxygen atoms in total. The van der Waals surface area contributed by atoms with E-state index in [-0.39, 0.29) is 5.91 Å². The van der Waals surface area contributed by atoms with E-state index in [0.717, 1.165) is 0 Å². The highest BCUT2D eigenvalue weighted by atomic mass is 35.5. The van der Waals surface area contributed by atoms with E-state index in [4.69, 9.17) is 27.9 Å². The molecule has 1 rings (SSSR count). The van der Waals surface area contributed by atoms with Crippen LogP contribution >= 0.6 is 23.2 Å². The molecule has 0 saturated carbocycles. The number of ether oxygens (including phenoxy) is 1. The zero-order valence-corrected chi connectivity index (χ0v) is 14.7. The van der Waals surface area contributed by atoms with Gasteiger partial charge in [-0.25, -0.2) is 0 Å². The smallest absolute Gasteiger partial charge is 0.262 e. The molecule has 0 saturated heterocycles. The van der Waals surface area contributed by atoms with Crippen molar-refractivity contribution in [2.75, 3.05) is 0 Å². The van der Waals surface area contributed by atoms with Gasteiger partial charge in [0.1, 0.15) is 11.3 Å². The second kappa shape index (κ2) is 7.71. The van der Waals surface area contributed by atoms with Crippen LogP contribution in [-0.4, -0.2) is 17.6 Å². The Kier molecular flexibility index (Phi) is 6.52. The van der Waals surface area contributed by atoms with Crippen LogP contribution in [0.4, 0.5) is 0 Å². The molecule has 0 aliphatic carbocycles. The fraction of sp³-hybridized carbons (Fsp3) is 0.500. The van der Waals surface area contributed by atoms with Gasteiger partial charge in [0.05, 0.1) is 11.1 Å². The Morgan fingerprint density at radius 2 is 2.00 bits per heavy atom. The molecule has 0 heterocycles. The second-order valence-electron chi connectivity index (χ2n) is 5.13. The lowest BCUT2D eigenvalue weighted by Crippen LogP contribution is -2.50. The zero-order chi connectivity index (χ0) is 16.9. The van der Waals surface area contributed by atoms with Gasteiger partial charge in [0.2, 0.25) is 0 Å². The Morgan fingerprint density at radius 3 is 2.50 bits per heavy atom. The molecule has 1 aromatic rings. The number of hydrogen-bond donors (Lipinski definition) is 1. The van der Waals surface area contributed by atoms with Crippen molar-refractivity contribution in [1.29, 1.82) is 5.26 Å². The molecule has 0 aliphatic rings. The van der Waals surface area contributed by atoms with Crippen molar-refractivity contribution in [3.63, 3.8) is 0 Å². The van der Waals surface area contributed by atoms with Gasteiger partial charge < -0.3 is 10.1 Å². The molecular weight excluding hydrogens is 323 g/mol. The lowest BCUT2D eigenvalue weighted by molar-refractivity contribution is -0.128. The third-order valence-electron chi connectivity index (χ3n) is 3.74. The topological polar surface area (TPSA) is 62.1 Å². The first-order valence-corrected chi connectivity index (χ1v) is 7.90. The van der Waals surface area contributed by atoms with Gasteiger partial charge in [0.25, 0.3) is 5.91 Å². The van der Waals surface area contributed by atoms with Crippen molar-refractivity contribution >= 4 is 29.1 Å². The van der Waals surface area contributed by atoms with Crippen LogP contribution in [0.1, 0.15) is 39.2 Å². The summed E-state index contributed by atoms with van der Waals surface area (Å²) < 4.78 is 5.61. The number of benzene rings is 1. The average Bonchev–Trinajstić information content (AvgIpc) is 2.53. The van der Waals surface area contributed by atoms with Gasteiger partial charge in [-0.2, -0.15) is 5.26 Å². The molecule has 0 radical (unpaired) electrons. The number of rotatable bonds is 6. The van der Waals surface area contributed by atoms with Crippen LogP contribution in [0.15, 0.2) is 12.1 Å². The Hall–Kier alpha value is -1.44. The molecule has 1 atom stereocenters. The molecule has 1 N–H and O–H groups in total. The predicted octanol–water partition coefficient (Wildman–Crippen LogP) is 4.27. The van der Waals surface area contributed by atoms with Gasteiger partial charge in [0.15, 0.2) is 6.10 Å². The zero-order valence-electron chi connectivity index (χ0n) is 13.2. The molecule has 0 bridgehead atoms. The molecule has 120 valence electrons. The van der Waals surface area contributed by atoms with Gasteiger partial charge in [-0.3, -0.25) is 4.79 Å². The number of nitrogens with one attached hydrogen (secondary N) is 1. The Balaban J connectivity index is 2.86. The van der Waals surface area contributed by atoms with Gasteiger partial charge in [-0.05, 0) is 44.4 Å². The van der Waals surface area contributed by atoms with E-state index in [1.165, 1.54) is 0 Å². The fourth-order valence-corrected chi connectivity index (χ4v) is 2.34. The quantitative estimate of drug-likeness (QED) is 0.839. The molecular formula is C16H20Cl2N2O2. The van der Waals surface area contributed by atoms with Gasteiger partial charge in [0, 0.05) is 5.02 Å². The molecule has 22 heavy (non-hydrogen) atoms. The van der Waals surface area contributed by atoms with Crippen LogP contribution in [0.25, 0.3) is 0 Å². The minimum atomic E-state index is -0.867. The van der Waals surface area contributed by atoms with Crippen LogP contribution in [0.5, 0.6) is 5.75 Å². The van der Waals surface area contributed by atoms with E-state index in [0.29, 0.717) is 34.2 Å². The molecule has 0 aliphatic heterocycles. The molecule has 1 unspecified atom stereocenters. The summed E-state index contributed by atoms with van der Waals surface area (Å²) in [5.41, 5.74) is -0.170. The van der Waals surface area contributed by atoms with Crippen molar-refractivity contribution in [3.05, 3.63) is 27.7 Å². The van der Waals surface area contributed by atoms with Gasteiger partial charge in [-0.1, -0.05) is 37.0 Å². The van der Waals surface area contributed by atoms with E-state index in [9.17, 15) is 10.1 Å². The first-order valence-electron chi connectivity index (χ1n) is 7.14. The number of nitrogens with zero attached hydrogens (tertiary/aromatic N) is 1. The highest BCUT2D eigenvalue weighted by Crippen LogP contribution is 2.33. The van der Waals surface area contributed by atoms with Crippen molar-refractivity contribution in [3.8, 4) is 11.8 Å². The Bertz CT molecular complexity index is 593. The first kappa shape index (κ1) is 18.6. The SMILES string of the molecule is CCC(C#N)(CC)NC(=O)C(C)Oc1ccc(Cl)c(C)c1Cl. The average molecular weight is 343 g/mol. The highest BCUT2D eigenvalue weighted by molar-refractivity contribution is 6.36. The van der Waals surface area contributed by atoms with Gasteiger partial charge >= 0.3 is 0 Å². The molecule has 1 amide bonds. The third-order valence-corrected chi connectivity index (χ3v) is 4.62. The first-order chi connectivity index (χ1) is 10.3. The summed E-state index contributed by atoms with van der Waals surface area (Å²) >= 11 is 12.1. The summed E-state index contributed by atoms with van der Waals surface area (Å²) in [6.07, 6.45) is 0.280. The summed E-state index contributed by atoms with van der Waals surface area (Å²) in [5, 5.41) is 12.9.